The Labute approximate surface area is 111 Å². The number of rotatable bonds is 2. The summed E-state index contributed by atoms with van der Waals surface area (Å²) >= 11 is 0. The SMILES string of the molecule is CN(c1ccc2[nH]c(=O)[nH]c2c1)C1CCCCC1N. The standard InChI is InChI=1S/C14H20N4O/c1-18(13-5-3-2-4-10(13)15)9-6-7-11-12(8-9)17-14(19)16-11/h6-8,10,13H,2-5,15H2,1H3,(H2,16,17,19). The van der Waals surface area contributed by atoms with E-state index in [1.54, 1.807) is 0 Å². The summed E-state index contributed by atoms with van der Waals surface area (Å²) in [5.41, 5.74) is 8.86. The number of H-pyrrole nitrogens is 2. The topological polar surface area (TPSA) is 77.9 Å². The van der Waals surface area contributed by atoms with Crippen LogP contribution in [0, 0.1) is 0 Å². The van der Waals surface area contributed by atoms with Gasteiger partial charge in [-0.15, -0.1) is 0 Å². The molecule has 102 valence electrons. The predicted octanol–water partition coefficient (Wildman–Crippen LogP) is 1.56. The second-order valence-electron chi connectivity index (χ2n) is 5.44. The second kappa shape index (κ2) is 4.74. The lowest BCUT2D eigenvalue weighted by atomic mass is 9.90. The minimum absolute atomic E-state index is 0.163. The van der Waals surface area contributed by atoms with Gasteiger partial charge in [-0.2, -0.15) is 0 Å². The van der Waals surface area contributed by atoms with Gasteiger partial charge in [0.1, 0.15) is 0 Å². The fourth-order valence-corrected chi connectivity index (χ4v) is 3.05. The molecule has 1 aromatic heterocycles. The molecule has 1 aromatic carbocycles. The number of likely N-dealkylation sites (N-methyl/N-ethyl adjacent to an activating group) is 1. The van der Waals surface area contributed by atoms with Crippen LogP contribution in [0.4, 0.5) is 5.69 Å². The molecule has 0 amide bonds. The average molecular weight is 260 g/mol. The Morgan fingerprint density at radius 1 is 1.21 bits per heavy atom. The van der Waals surface area contributed by atoms with Crippen LogP contribution in [0.2, 0.25) is 0 Å². The fraction of sp³-hybridized carbons (Fsp3) is 0.500. The van der Waals surface area contributed by atoms with Crippen LogP contribution in [0.5, 0.6) is 0 Å². The van der Waals surface area contributed by atoms with Gasteiger partial charge in [-0.3, -0.25) is 0 Å². The highest BCUT2D eigenvalue weighted by atomic mass is 16.1. The Morgan fingerprint density at radius 2 is 1.95 bits per heavy atom. The third-order valence-electron chi connectivity index (χ3n) is 4.19. The Morgan fingerprint density at radius 3 is 2.74 bits per heavy atom. The van der Waals surface area contributed by atoms with Gasteiger partial charge >= 0.3 is 5.69 Å². The number of hydrogen-bond donors (Lipinski definition) is 3. The van der Waals surface area contributed by atoms with Crippen molar-refractivity contribution in [1.29, 1.82) is 0 Å². The van der Waals surface area contributed by atoms with E-state index in [4.69, 9.17) is 5.73 Å². The van der Waals surface area contributed by atoms with Gasteiger partial charge in [0.05, 0.1) is 11.0 Å². The van der Waals surface area contributed by atoms with Gasteiger partial charge in [-0.05, 0) is 31.0 Å². The van der Waals surface area contributed by atoms with Crippen LogP contribution in [-0.2, 0) is 0 Å². The molecule has 19 heavy (non-hydrogen) atoms. The Balaban J connectivity index is 1.91. The number of imidazole rings is 1. The molecule has 3 rings (SSSR count). The molecule has 0 spiro atoms. The molecule has 1 aliphatic rings. The molecule has 4 N–H and O–H groups in total. The maximum absolute atomic E-state index is 11.3. The summed E-state index contributed by atoms with van der Waals surface area (Å²) in [6.45, 7) is 0. The lowest BCUT2D eigenvalue weighted by molar-refractivity contribution is 0.374. The Hall–Kier alpha value is -1.75. The number of nitrogens with one attached hydrogen (secondary N) is 2. The number of nitrogens with zero attached hydrogens (tertiary/aromatic N) is 1. The number of aromatic amines is 2. The molecule has 1 fully saturated rings. The highest BCUT2D eigenvalue weighted by molar-refractivity contribution is 5.79. The van der Waals surface area contributed by atoms with Crippen molar-refractivity contribution in [1.82, 2.24) is 9.97 Å². The zero-order chi connectivity index (χ0) is 13.4. The molecule has 2 aromatic rings. The summed E-state index contributed by atoms with van der Waals surface area (Å²) in [5.74, 6) is 0. The molecule has 1 saturated carbocycles. The molecular weight excluding hydrogens is 240 g/mol. The first-order valence-corrected chi connectivity index (χ1v) is 6.85. The fourth-order valence-electron chi connectivity index (χ4n) is 3.05. The Bertz CT molecular complexity index is 630. The van der Waals surface area contributed by atoms with Crippen molar-refractivity contribution in [2.75, 3.05) is 11.9 Å². The number of benzene rings is 1. The normalized spacial score (nSPS) is 23.7. The van der Waals surface area contributed by atoms with E-state index >= 15 is 0 Å². The molecule has 0 aliphatic heterocycles. The quantitative estimate of drug-likeness (QED) is 0.767. The third kappa shape index (κ3) is 2.26. The van der Waals surface area contributed by atoms with Crippen LogP contribution in [0.3, 0.4) is 0 Å². The summed E-state index contributed by atoms with van der Waals surface area (Å²) in [6, 6.07) is 6.60. The lowest BCUT2D eigenvalue weighted by Crippen LogP contribution is -2.48. The first kappa shape index (κ1) is 12.3. The molecule has 1 aliphatic carbocycles. The van der Waals surface area contributed by atoms with Crippen LogP contribution >= 0.6 is 0 Å². The van der Waals surface area contributed by atoms with Crippen LogP contribution in [-0.4, -0.2) is 29.1 Å². The molecule has 2 atom stereocenters. The third-order valence-corrected chi connectivity index (χ3v) is 4.19. The summed E-state index contributed by atoms with van der Waals surface area (Å²) < 4.78 is 0. The van der Waals surface area contributed by atoms with E-state index in [-0.39, 0.29) is 11.7 Å². The lowest BCUT2D eigenvalue weighted by Gasteiger charge is -2.37. The van der Waals surface area contributed by atoms with Gasteiger partial charge < -0.3 is 20.6 Å². The van der Waals surface area contributed by atoms with Crippen LogP contribution in [0.1, 0.15) is 25.7 Å². The Kier molecular flexibility index (Phi) is 3.06. The first-order valence-electron chi connectivity index (χ1n) is 6.85. The van der Waals surface area contributed by atoms with Gasteiger partial charge in [-0.25, -0.2) is 4.79 Å². The van der Waals surface area contributed by atoms with Gasteiger partial charge in [-0.1, -0.05) is 12.8 Å². The first-order chi connectivity index (χ1) is 9.15. The highest BCUT2D eigenvalue weighted by Crippen LogP contribution is 2.26. The molecule has 0 saturated heterocycles. The van der Waals surface area contributed by atoms with E-state index in [0.29, 0.717) is 6.04 Å². The van der Waals surface area contributed by atoms with Crippen LogP contribution in [0.15, 0.2) is 23.0 Å². The van der Waals surface area contributed by atoms with Crippen LogP contribution in [0.25, 0.3) is 11.0 Å². The zero-order valence-electron chi connectivity index (χ0n) is 11.1. The number of nitrogens with two attached hydrogens (primary N) is 1. The average Bonchev–Trinajstić information content (AvgIpc) is 2.77. The smallest absolute Gasteiger partial charge is 0.323 e. The molecule has 5 heteroatoms. The van der Waals surface area contributed by atoms with E-state index in [1.165, 1.54) is 12.8 Å². The molecule has 2 unspecified atom stereocenters. The highest BCUT2D eigenvalue weighted by Gasteiger charge is 2.25. The maximum Gasteiger partial charge on any atom is 0.323 e. The zero-order valence-corrected chi connectivity index (χ0v) is 11.1. The van der Waals surface area contributed by atoms with Crippen molar-refractivity contribution in [3.8, 4) is 0 Å². The number of hydrogen-bond acceptors (Lipinski definition) is 3. The predicted molar refractivity (Wildman–Crippen MR) is 77.6 cm³/mol. The molecule has 1 heterocycles. The number of fused-ring (bicyclic) bond motifs is 1. The largest absolute Gasteiger partial charge is 0.370 e. The van der Waals surface area contributed by atoms with Crippen molar-refractivity contribution in [3.63, 3.8) is 0 Å². The number of anilines is 1. The van der Waals surface area contributed by atoms with E-state index in [2.05, 4.69) is 21.9 Å². The summed E-state index contributed by atoms with van der Waals surface area (Å²) in [4.78, 5) is 19.1. The van der Waals surface area contributed by atoms with Crippen LogP contribution < -0.4 is 16.3 Å². The van der Waals surface area contributed by atoms with E-state index in [9.17, 15) is 4.79 Å². The summed E-state index contributed by atoms with van der Waals surface area (Å²) in [7, 11) is 2.09. The van der Waals surface area contributed by atoms with Gasteiger partial charge in [0.25, 0.3) is 0 Å². The van der Waals surface area contributed by atoms with Gasteiger partial charge in [0.2, 0.25) is 0 Å². The monoisotopic (exact) mass is 260 g/mol. The number of aromatic nitrogens is 2. The van der Waals surface area contributed by atoms with E-state index in [1.807, 2.05) is 18.2 Å². The minimum Gasteiger partial charge on any atom is -0.370 e. The van der Waals surface area contributed by atoms with E-state index in [0.717, 1.165) is 29.6 Å². The molecule has 0 bridgehead atoms. The van der Waals surface area contributed by atoms with Crippen molar-refractivity contribution < 1.29 is 0 Å². The molecular formula is C14H20N4O. The summed E-state index contributed by atoms with van der Waals surface area (Å²) in [6.07, 6.45) is 4.71. The second-order valence-corrected chi connectivity index (χ2v) is 5.44. The summed E-state index contributed by atoms with van der Waals surface area (Å²) in [5, 5.41) is 0. The van der Waals surface area contributed by atoms with Crippen molar-refractivity contribution in [2.45, 2.75) is 37.8 Å². The van der Waals surface area contributed by atoms with Crippen molar-refractivity contribution in [2.24, 2.45) is 5.73 Å². The molecule has 5 nitrogen and oxygen atoms in total. The van der Waals surface area contributed by atoms with E-state index < -0.39 is 0 Å². The maximum atomic E-state index is 11.3. The van der Waals surface area contributed by atoms with Gasteiger partial charge in [0.15, 0.2) is 0 Å². The molecule has 0 radical (unpaired) electrons. The minimum atomic E-state index is -0.163. The van der Waals surface area contributed by atoms with Gasteiger partial charge in [0, 0.05) is 24.8 Å². The van der Waals surface area contributed by atoms with Crippen molar-refractivity contribution >= 4 is 16.7 Å². The van der Waals surface area contributed by atoms with Crippen molar-refractivity contribution in [3.05, 3.63) is 28.7 Å².